The van der Waals surface area contributed by atoms with E-state index in [0.717, 1.165) is 18.6 Å². The van der Waals surface area contributed by atoms with E-state index in [0.29, 0.717) is 18.9 Å². The highest BCUT2D eigenvalue weighted by atomic mass is 19.4. The first-order chi connectivity index (χ1) is 7.47. The minimum absolute atomic E-state index is 0.0244. The van der Waals surface area contributed by atoms with E-state index < -0.39 is 11.7 Å². The Morgan fingerprint density at radius 2 is 2.19 bits per heavy atom. The van der Waals surface area contributed by atoms with Crippen molar-refractivity contribution in [1.82, 2.24) is 4.98 Å². The van der Waals surface area contributed by atoms with E-state index in [-0.39, 0.29) is 6.04 Å². The van der Waals surface area contributed by atoms with E-state index in [1.807, 2.05) is 0 Å². The Hall–Kier alpha value is -1.30. The molecule has 6 heteroatoms. The Bertz CT molecular complexity index is 378. The normalized spacial score (nSPS) is 21.5. The average Bonchev–Trinajstić information content (AvgIpc) is 2.64. The molecule has 2 heterocycles. The lowest BCUT2D eigenvalue weighted by Gasteiger charge is -2.17. The van der Waals surface area contributed by atoms with E-state index in [9.17, 15) is 13.2 Å². The number of anilines is 1. The molecular formula is C10H12F3N3. The molecule has 1 saturated heterocycles. The van der Waals surface area contributed by atoms with Crippen LogP contribution in [0.5, 0.6) is 0 Å². The van der Waals surface area contributed by atoms with Crippen LogP contribution in [0, 0.1) is 0 Å². The number of alkyl halides is 3. The number of hydrogen-bond donors (Lipinski definition) is 1. The predicted octanol–water partition coefficient (Wildman–Crippen LogP) is 1.64. The van der Waals surface area contributed by atoms with E-state index in [4.69, 9.17) is 5.73 Å². The van der Waals surface area contributed by atoms with Crippen molar-refractivity contribution >= 4 is 5.82 Å². The SMILES string of the molecule is NC1CCN(c2cc(C(F)(F)F)ccn2)C1. The van der Waals surface area contributed by atoms with Crippen molar-refractivity contribution in [2.24, 2.45) is 5.73 Å². The Morgan fingerprint density at radius 3 is 2.75 bits per heavy atom. The van der Waals surface area contributed by atoms with Gasteiger partial charge in [0.15, 0.2) is 0 Å². The molecule has 0 radical (unpaired) electrons. The highest BCUT2D eigenvalue weighted by Gasteiger charge is 2.31. The molecule has 16 heavy (non-hydrogen) atoms. The number of hydrogen-bond acceptors (Lipinski definition) is 3. The second kappa shape index (κ2) is 3.93. The molecule has 0 aliphatic carbocycles. The molecule has 1 atom stereocenters. The molecule has 88 valence electrons. The summed E-state index contributed by atoms with van der Waals surface area (Å²) in [6.07, 6.45) is -2.35. The molecule has 0 saturated carbocycles. The first-order valence-corrected chi connectivity index (χ1v) is 5.00. The summed E-state index contributed by atoms with van der Waals surface area (Å²) in [5, 5.41) is 0. The predicted molar refractivity (Wildman–Crippen MR) is 54.0 cm³/mol. The zero-order valence-corrected chi connectivity index (χ0v) is 8.54. The fourth-order valence-corrected chi connectivity index (χ4v) is 1.76. The zero-order valence-electron chi connectivity index (χ0n) is 8.54. The van der Waals surface area contributed by atoms with Gasteiger partial charge in [-0.15, -0.1) is 0 Å². The molecule has 1 aliphatic rings. The third-order valence-electron chi connectivity index (χ3n) is 2.62. The monoisotopic (exact) mass is 231 g/mol. The van der Waals surface area contributed by atoms with Crippen LogP contribution in [-0.4, -0.2) is 24.1 Å². The lowest BCUT2D eigenvalue weighted by molar-refractivity contribution is -0.137. The lowest BCUT2D eigenvalue weighted by atomic mass is 10.2. The van der Waals surface area contributed by atoms with Crippen molar-refractivity contribution in [2.75, 3.05) is 18.0 Å². The summed E-state index contributed by atoms with van der Waals surface area (Å²) >= 11 is 0. The summed E-state index contributed by atoms with van der Waals surface area (Å²) < 4.78 is 37.4. The van der Waals surface area contributed by atoms with E-state index in [2.05, 4.69) is 4.98 Å². The van der Waals surface area contributed by atoms with Gasteiger partial charge in [0.1, 0.15) is 5.82 Å². The van der Waals surface area contributed by atoms with Crippen LogP contribution < -0.4 is 10.6 Å². The number of nitrogens with two attached hydrogens (primary N) is 1. The fraction of sp³-hybridized carbons (Fsp3) is 0.500. The molecule has 2 N–H and O–H groups in total. The van der Waals surface area contributed by atoms with Crippen LogP contribution in [0.4, 0.5) is 19.0 Å². The standard InChI is InChI=1S/C10H12F3N3/c11-10(12,13)7-1-3-15-9(5-7)16-4-2-8(14)6-16/h1,3,5,8H,2,4,6,14H2. The second-order valence-electron chi connectivity index (χ2n) is 3.90. The van der Waals surface area contributed by atoms with Crippen LogP contribution in [0.15, 0.2) is 18.3 Å². The maximum absolute atomic E-state index is 12.5. The summed E-state index contributed by atoms with van der Waals surface area (Å²) in [5.74, 6) is 0.350. The molecule has 2 rings (SSSR count). The van der Waals surface area contributed by atoms with E-state index in [1.54, 1.807) is 4.90 Å². The number of rotatable bonds is 1. The molecule has 0 bridgehead atoms. The van der Waals surface area contributed by atoms with Gasteiger partial charge in [-0.25, -0.2) is 4.98 Å². The number of aromatic nitrogens is 1. The van der Waals surface area contributed by atoms with Gasteiger partial charge in [-0.05, 0) is 18.6 Å². The molecule has 0 aromatic carbocycles. The molecule has 1 aromatic heterocycles. The number of pyridine rings is 1. The van der Waals surface area contributed by atoms with Crippen LogP contribution in [0.3, 0.4) is 0 Å². The quantitative estimate of drug-likeness (QED) is 0.798. The highest BCUT2D eigenvalue weighted by Crippen LogP contribution is 2.31. The molecule has 0 amide bonds. The lowest BCUT2D eigenvalue weighted by Crippen LogP contribution is -2.27. The van der Waals surface area contributed by atoms with Crippen LogP contribution >= 0.6 is 0 Å². The van der Waals surface area contributed by atoms with Crippen molar-refractivity contribution in [3.8, 4) is 0 Å². The maximum Gasteiger partial charge on any atom is 0.416 e. The fourth-order valence-electron chi connectivity index (χ4n) is 1.76. The topological polar surface area (TPSA) is 42.1 Å². The van der Waals surface area contributed by atoms with Gasteiger partial charge in [0, 0.05) is 25.3 Å². The van der Waals surface area contributed by atoms with Gasteiger partial charge in [0.05, 0.1) is 5.56 Å². The van der Waals surface area contributed by atoms with Gasteiger partial charge in [0.2, 0.25) is 0 Å². The summed E-state index contributed by atoms with van der Waals surface area (Å²) in [7, 11) is 0. The van der Waals surface area contributed by atoms with Crippen molar-refractivity contribution in [3.05, 3.63) is 23.9 Å². The zero-order chi connectivity index (χ0) is 11.8. The van der Waals surface area contributed by atoms with Crippen LogP contribution in [-0.2, 0) is 6.18 Å². The van der Waals surface area contributed by atoms with Crippen molar-refractivity contribution < 1.29 is 13.2 Å². The Kier molecular flexibility index (Phi) is 2.75. The van der Waals surface area contributed by atoms with Gasteiger partial charge in [-0.2, -0.15) is 13.2 Å². The van der Waals surface area contributed by atoms with Gasteiger partial charge >= 0.3 is 6.18 Å². The number of halogens is 3. The van der Waals surface area contributed by atoms with E-state index >= 15 is 0 Å². The van der Waals surface area contributed by atoms with Crippen molar-refractivity contribution in [1.29, 1.82) is 0 Å². The summed E-state index contributed by atoms with van der Waals surface area (Å²) in [5.41, 5.74) is 5.03. The average molecular weight is 231 g/mol. The third-order valence-corrected chi connectivity index (χ3v) is 2.62. The molecule has 1 aromatic rings. The Balaban J connectivity index is 2.23. The maximum atomic E-state index is 12.5. The van der Waals surface area contributed by atoms with Gasteiger partial charge in [0.25, 0.3) is 0 Å². The molecule has 1 aliphatic heterocycles. The van der Waals surface area contributed by atoms with Gasteiger partial charge < -0.3 is 10.6 Å². The minimum Gasteiger partial charge on any atom is -0.355 e. The smallest absolute Gasteiger partial charge is 0.355 e. The first-order valence-electron chi connectivity index (χ1n) is 5.00. The molecular weight excluding hydrogens is 219 g/mol. The molecule has 1 unspecified atom stereocenters. The van der Waals surface area contributed by atoms with Gasteiger partial charge in [-0.3, -0.25) is 0 Å². The molecule has 3 nitrogen and oxygen atoms in total. The van der Waals surface area contributed by atoms with Crippen LogP contribution in [0.2, 0.25) is 0 Å². The molecule has 1 fully saturated rings. The van der Waals surface area contributed by atoms with E-state index in [1.165, 1.54) is 6.20 Å². The largest absolute Gasteiger partial charge is 0.416 e. The summed E-state index contributed by atoms with van der Waals surface area (Å²) in [4.78, 5) is 5.72. The summed E-state index contributed by atoms with van der Waals surface area (Å²) in [6, 6.07) is 2.06. The van der Waals surface area contributed by atoms with Crippen LogP contribution in [0.1, 0.15) is 12.0 Å². The Morgan fingerprint density at radius 1 is 1.44 bits per heavy atom. The van der Waals surface area contributed by atoms with Crippen molar-refractivity contribution in [2.45, 2.75) is 18.6 Å². The van der Waals surface area contributed by atoms with Crippen molar-refractivity contribution in [3.63, 3.8) is 0 Å². The first kappa shape index (κ1) is 11.2. The van der Waals surface area contributed by atoms with Gasteiger partial charge in [-0.1, -0.05) is 0 Å². The second-order valence-corrected chi connectivity index (χ2v) is 3.90. The minimum atomic E-state index is -4.32. The summed E-state index contributed by atoms with van der Waals surface area (Å²) in [6.45, 7) is 1.23. The van der Waals surface area contributed by atoms with Crippen LogP contribution in [0.25, 0.3) is 0 Å². The molecule has 0 spiro atoms. The number of nitrogens with zero attached hydrogens (tertiary/aromatic N) is 2. The Labute approximate surface area is 91.1 Å². The highest BCUT2D eigenvalue weighted by molar-refractivity contribution is 5.43. The third kappa shape index (κ3) is 2.27.